The third kappa shape index (κ3) is 4.11. The molecule has 0 aliphatic rings. The second-order valence-corrected chi connectivity index (χ2v) is 6.60. The van der Waals surface area contributed by atoms with Gasteiger partial charge in [-0.25, -0.2) is 14.0 Å². The Morgan fingerprint density at radius 1 is 1.10 bits per heavy atom. The molecule has 10 heteroatoms. The molecular formula is C20H14ClFN2O6. The number of aromatic carboxylic acids is 2. The Morgan fingerprint density at radius 3 is 2.40 bits per heavy atom. The lowest BCUT2D eigenvalue weighted by Crippen LogP contribution is -2.24. The number of hydrogen-bond donors (Lipinski definition) is 4. The van der Waals surface area contributed by atoms with Gasteiger partial charge >= 0.3 is 11.9 Å². The van der Waals surface area contributed by atoms with Crippen molar-refractivity contribution in [2.75, 3.05) is 5.73 Å². The Labute approximate surface area is 173 Å². The van der Waals surface area contributed by atoms with Crippen LogP contribution in [-0.2, 0) is 6.61 Å². The molecular weight excluding hydrogens is 419 g/mol. The first kappa shape index (κ1) is 20.9. The summed E-state index contributed by atoms with van der Waals surface area (Å²) in [5, 5.41) is 19.3. The Kier molecular flexibility index (Phi) is 5.74. The van der Waals surface area contributed by atoms with Gasteiger partial charge in [0, 0.05) is 10.6 Å². The summed E-state index contributed by atoms with van der Waals surface area (Å²) < 4.78 is 20.0. The number of rotatable bonds is 6. The van der Waals surface area contributed by atoms with Crippen molar-refractivity contribution in [3.8, 4) is 16.9 Å². The molecule has 2 aromatic carbocycles. The molecule has 3 aromatic rings. The first-order valence-corrected chi connectivity index (χ1v) is 8.76. The van der Waals surface area contributed by atoms with E-state index in [0.29, 0.717) is 10.6 Å². The molecule has 0 spiro atoms. The topological polar surface area (TPSA) is 143 Å². The lowest BCUT2D eigenvalue weighted by Gasteiger charge is -2.13. The third-order valence-electron chi connectivity index (χ3n) is 4.18. The van der Waals surface area contributed by atoms with Crippen LogP contribution < -0.4 is 16.0 Å². The smallest absolute Gasteiger partial charge is 0.342 e. The highest BCUT2D eigenvalue weighted by Gasteiger charge is 2.27. The second kappa shape index (κ2) is 8.26. The number of nitrogen functional groups attached to an aromatic ring is 1. The predicted molar refractivity (Wildman–Crippen MR) is 107 cm³/mol. The molecule has 5 N–H and O–H groups in total. The molecule has 30 heavy (non-hydrogen) atoms. The van der Waals surface area contributed by atoms with Gasteiger partial charge in [0.2, 0.25) is 0 Å². The van der Waals surface area contributed by atoms with Crippen LogP contribution in [0.1, 0.15) is 26.3 Å². The number of hydrogen-bond acceptors (Lipinski definition) is 5. The van der Waals surface area contributed by atoms with Crippen molar-refractivity contribution in [2.45, 2.75) is 6.61 Å². The maximum absolute atomic E-state index is 14.6. The van der Waals surface area contributed by atoms with E-state index in [2.05, 4.69) is 0 Å². The number of carboxylic acids is 2. The predicted octanol–water partition coefficient (Wildman–Crippen LogP) is 3.39. The fraction of sp³-hybridized carbons (Fsp3) is 0.0500. The summed E-state index contributed by atoms with van der Waals surface area (Å²) >= 11 is 5.89. The molecule has 0 saturated carbocycles. The van der Waals surface area contributed by atoms with Gasteiger partial charge in [0.05, 0.1) is 0 Å². The molecule has 0 atom stereocenters. The van der Waals surface area contributed by atoms with Crippen LogP contribution >= 0.6 is 11.6 Å². The molecule has 0 aliphatic carbocycles. The molecule has 154 valence electrons. The molecule has 0 radical (unpaired) electrons. The minimum atomic E-state index is -1.68. The summed E-state index contributed by atoms with van der Waals surface area (Å²) in [5.74, 6) is -4.86. The maximum Gasteiger partial charge on any atom is 0.342 e. The number of aromatic nitrogens is 1. The molecule has 3 rings (SSSR count). The third-order valence-corrected chi connectivity index (χ3v) is 4.41. The lowest BCUT2D eigenvalue weighted by atomic mass is 9.95. The van der Waals surface area contributed by atoms with E-state index >= 15 is 0 Å². The number of anilines is 1. The van der Waals surface area contributed by atoms with Crippen molar-refractivity contribution in [3.05, 3.63) is 80.3 Å². The number of nitrogens with two attached hydrogens (primary N) is 1. The molecule has 0 bridgehead atoms. The standard InChI is InChI=1S/C20H14ClFN2O6/c21-11-3-1-2-9(6-11)8-30-13-5-4-10(7-12(13)22)14-15(19(26)27)17(23)24-18(25)16(14)20(28)29/h1-7H,8H2,(H,26,27)(H,28,29)(H3,23,24,25). The summed E-state index contributed by atoms with van der Waals surface area (Å²) in [4.78, 5) is 37.2. The van der Waals surface area contributed by atoms with Gasteiger partial charge in [0.25, 0.3) is 5.56 Å². The van der Waals surface area contributed by atoms with Gasteiger partial charge in [-0.15, -0.1) is 0 Å². The zero-order valence-corrected chi connectivity index (χ0v) is 15.9. The Morgan fingerprint density at radius 2 is 1.80 bits per heavy atom. The van der Waals surface area contributed by atoms with Crippen molar-refractivity contribution in [2.24, 2.45) is 0 Å². The highest BCUT2D eigenvalue weighted by atomic mass is 35.5. The van der Waals surface area contributed by atoms with Crippen LogP contribution in [0.4, 0.5) is 10.2 Å². The van der Waals surface area contributed by atoms with Crippen molar-refractivity contribution < 1.29 is 28.9 Å². The van der Waals surface area contributed by atoms with Gasteiger partial charge in [-0.1, -0.05) is 29.8 Å². The van der Waals surface area contributed by atoms with Gasteiger partial charge in [-0.2, -0.15) is 0 Å². The number of pyridine rings is 1. The monoisotopic (exact) mass is 432 g/mol. The number of carboxylic acid groups (broad SMARTS) is 2. The number of H-pyrrole nitrogens is 1. The largest absolute Gasteiger partial charge is 0.486 e. The fourth-order valence-electron chi connectivity index (χ4n) is 2.90. The summed E-state index contributed by atoms with van der Waals surface area (Å²) in [7, 11) is 0. The van der Waals surface area contributed by atoms with Crippen LogP contribution in [0.3, 0.4) is 0 Å². The fourth-order valence-corrected chi connectivity index (χ4v) is 3.11. The van der Waals surface area contributed by atoms with Crippen molar-refractivity contribution in [1.82, 2.24) is 4.98 Å². The molecule has 0 saturated heterocycles. The normalized spacial score (nSPS) is 10.6. The van der Waals surface area contributed by atoms with E-state index in [1.165, 1.54) is 12.1 Å². The lowest BCUT2D eigenvalue weighted by molar-refractivity contribution is 0.0695. The van der Waals surface area contributed by atoms with Gasteiger partial charge in [0.1, 0.15) is 23.6 Å². The summed E-state index contributed by atoms with van der Waals surface area (Å²) in [6.45, 7) is 0.00946. The van der Waals surface area contributed by atoms with Crippen LogP contribution in [0.2, 0.25) is 5.02 Å². The Bertz CT molecular complexity index is 1220. The number of halogens is 2. The average Bonchev–Trinajstić information content (AvgIpc) is 2.65. The van der Waals surface area contributed by atoms with Crippen molar-refractivity contribution in [1.29, 1.82) is 0 Å². The van der Waals surface area contributed by atoms with Gasteiger partial charge < -0.3 is 25.7 Å². The number of aromatic amines is 1. The zero-order chi connectivity index (χ0) is 22.0. The first-order chi connectivity index (χ1) is 14.2. The molecule has 8 nitrogen and oxygen atoms in total. The van der Waals surface area contributed by atoms with E-state index in [1.54, 1.807) is 24.3 Å². The van der Waals surface area contributed by atoms with Gasteiger partial charge in [-0.05, 0) is 35.4 Å². The highest BCUT2D eigenvalue weighted by molar-refractivity contribution is 6.30. The van der Waals surface area contributed by atoms with E-state index in [1.807, 2.05) is 4.98 Å². The number of ether oxygens (including phenoxy) is 1. The molecule has 0 aliphatic heterocycles. The number of nitrogens with one attached hydrogen (secondary N) is 1. The minimum absolute atomic E-state index is 0.00946. The zero-order valence-electron chi connectivity index (χ0n) is 15.1. The van der Waals surface area contributed by atoms with Gasteiger partial charge in [-0.3, -0.25) is 4.79 Å². The maximum atomic E-state index is 14.6. The molecule has 0 fully saturated rings. The van der Waals surface area contributed by atoms with E-state index in [9.17, 15) is 29.0 Å². The number of benzene rings is 2. The Hall–Kier alpha value is -3.85. The second-order valence-electron chi connectivity index (χ2n) is 6.17. The quantitative estimate of drug-likeness (QED) is 0.467. The molecule has 0 amide bonds. The molecule has 0 unspecified atom stereocenters. The summed E-state index contributed by atoms with van der Waals surface area (Å²) in [5.41, 5.74) is 2.96. The van der Waals surface area contributed by atoms with E-state index in [-0.39, 0.29) is 17.9 Å². The highest BCUT2D eigenvalue weighted by Crippen LogP contribution is 2.32. The van der Waals surface area contributed by atoms with E-state index in [4.69, 9.17) is 22.1 Å². The van der Waals surface area contributed by atoms with E-state index in [0.717, 1.165) is 6.07 Å². The molecule has 1 heterocycles. The minimum Gasteiger partial charge on any atom is -0.486 e. The van der Waals surface area contributed by atoms with Gasteiger partial charge in [0.15, 0.2) is 11.6 Å². The molecule has 1 aromatic heterocycles. The van der Waals surface area contributed by atoms with Crippen LogP contribution in [0.15, 0.2) is 47.3 Å². The van der Waals surface area contributed by atoms with Crippen LogP contribution in [0.5, 0.6) is 5.75 Å². The van der Waals surface area contributed by atoms with Crippen molar-refractivity contribution >= 4 is 29.4 Å². The van der Waals surface area contributed by atoms with E-state index < -0.39 is 45.8 Å². The van der Waals surface area contributed by atoms with Crippen molar-refractivity contribution in [3.63, 3.8) is 0 Å². The SMILES string of the molecule is Nc1[nH]c(=O)c(C(=O)O)c(-c2ccc(OCc3cccc(Cl)c3)c(F)c2)c1C(=O)O. The Balaban J connectivity index is 2.05. The van der Waals surface area contributed by atoms with Crippen LogP contribution in [0, 0.1) is 5.82 Å². The average molecular weight is 433 g/mol. The first-order valence-electron chi connectivity index (χ1n) is 8.38. The summed E-state index contributed by atoms with van der Waals surface area (Å²) in [6.07, 6.45) is 0. The number of carbonyl (C=O) groups is 2. The van der Waals surface area contributed by atoms with Crippen LogP contribution in [-0.4, -0.2) is 27.1 Å². The summed E-state index contributed by atoms with van der Waals surface area (Å²) in [6, 6.07) is 10.1. The van der Waals surface area contributed by atoms with Crippen LogP contribution in [0.25, 0.3) is 11.1 Å².